The zero-order valence-corrected chi connectivity index (χ0v) is 14.1. The zero-order valence-electron chi connectivity index (χ0n) is 14.1. The fraction of sp³-hybridized carbons (Fsp3) is 0.529. The molecule has 2 N–H and O–H groups in total. The summed E-state index contributed by atoms with van der Waals surface area (Å²) in [5.74, 6) is 1.23. The van der Waals surface area contributed by atoms with E-state index in [2.05, 4.69) is 10.4 Å². The number of furan rings is 1. The molecule has 3 rings (SSSR count). The van der Waals surface area contributed by atoms with Crippen molar-refractivity contribution >= 4 is 11.8 Å². The Morgan fingerprint density at radius 3 is 3.08 bits per heavy atom. The summed E-state index contributed by atoms with van der Waals surface area (Å²) in [6, 6.07) is 5.26. The number of hydrogen-bond donors (Lipinski definition) is 2. The Kier molecular flexibility index (Phi) is 4.89. The van der Waals surface area contributed by atoms with E-state index in [1.807, 2.05) is 20.0 Å². The average Bonchev–Trinajstić information content (AvgIpc) is 3.28. The summed E-state index contributed by atoms with van der Waals surface area (Å²) in [5.41, 5.74) is 0.944. The molecule has 0 aromatic carbocycles. The number of urea groups is 1. The van der Waals surface area contributed by atoms with E-state index < -0.39 is 6.10 Å². The van der Waals surface area contributed by atoms with Gasteiger partial charge in [0.2, 0.25) is 0 Å². The minimum absolute atomic E-state index is 0.00368. The van der Waals surface area contributed by atoms with E-state index in [1.165, 1.54) is 0 Å². The van der Waals surface area contributed by atoms with Crippen molar-refractivity contribution in [3.05, 3.63) is 35.9 Å². The molecule has 130 valence electrons. The van der Waals surface area contributed by atoms with Crippen molar-refractivity contribution in [2.75, 3.05) is 11.9 Å². The topological polar surface area (TPSA) is 83.5 Å². The number of aryl methyl sites for hydroxylation is 2. The number of nitrogens with zero attached hydrogens (tertiary/aromatic N) is 3. The summed E-state index contributed by atoms with van der Waals surface area (Å²) >= 11 is 0. The van der Waals surface area contributed by atoms with Crippen molar-refractivity contribution in [2.45, 2.75) is 44.8 Å². The standard InChI is InChI=1S/C17H24N4O3/c1-3-12-10-16(20(2)19-12)18-17(23)21-8-4-6-13(21)11-14(22)15-7-5-9-24-15/h5,7,9-10,13-14,22H,3-4,6,8,11H2,1-2H3,(H,18,23). The SMILES string of the molecule is CCc1cc(NC(=O)N2CCCC2CC(O)c2ccco2)n(C)n1. The Hall–Kier alpha value is -2.28. The van der Waals surface area contributed by atoms with Gasteiger partial charge < -0.3 is 14.4 Å². The van der Waals surface area contributed by atoms with Crippen LogP contribution in [0.1, 0.15) is 43.7 Å². The van der Waals surface area contributed by atoms with Gasteiger partial charge in [0.1, 0.15) is 17.7 Å². The summed E-state index contributed by atoms with van der Waals surface area (Å²) in [4.78, 5) is 14.4. The molecule has 3 heterocycles. The minimum atomic E-state index is -0.693. The van der Waals surface area contributed by atoms with Crippen LogP contribution in [0, 0.1) is 0 Å². The molecule has 1 aliphatic heterocycles. The Balaban J connectivity index is 1.63. The monoisotopic (exact) mass is 332 g/mol. The van der Waals surface area contributed by atoms with Crippen LogP contribution in [-0.4, -0.2) is 38.4 Å². The highest BCUT2D eigenvalue weighted by Crippen LogP contribution is 2.28. The highest BCUT2D eigenvalue weighted by molar-refractivity contribution is 5.88. The van der Waals surface area contributed by atoms with Crippen molar-refractivity contribution in [2.24, 2.45) is 7.05 Å². The largest absolute Gasteiger partial charge is 0.467 e. The highest BCUT2D eigenvalue weighted by atomic mass is 16.4. The molecule has 1 fully saturated rings. The van der Waals surface area contributed by atoms with Gasteiger partial charge in [-0.05, 0) is 31.4 Å². The van der Waals surface area contributed by atoms with E-state index in [0.29, 0.717) is 24.5 Å². The van der Waals surface area contributed by atoms with Gasteiger partial charge in [0.05, 0.1) is 12.0 Å². The molecule has 0 spiro atoms. The van der Waals surface area contributed by atoms with E-state index in [-0.39, 0.29) is 12.1 Å². The van der Waals surface area contributed by atoms with E-state index in [0.717, 1.165) is 25.0 Å². The number of aliphatic hydroxyl groups is 1. The van der Waals surface area contributed by atoms with Gasteiger partial charge in [-0.1, -0.05) is 6.92 Å². The Labute approximate surface area is 141 Å². The lowest BCUT2D eigenvalue weighted by molar-refractivity contribution is 0.110. The fourth-order valence-electron chi connectivity index (χ4n) is 3.20. The molecule has 7 heteroatoms. The quantitative estimate of drug-likeness (QED) is 0.882. The smallest absolute Gasteiger partial charge is 0.323 e. The number of carbonyl (C=O) groups is 1. The molecule has 0 aliphatic carbocycles. The first kappa shape index (κ1) is 16.6. The fourth-order valence-corrected chi connectivity index (χ4v) is 3.20. The number of carbonyl (C=O) groups excluding carboxylic acids is 1. The van der Waals surface area contributed by atoms with E-state index in [9.17, 15) is 9.90 Å². The minimum Gasteiger partial charge on any atom is -0.467 e. The summed E-state index contributed by atoms with van der Waals surface area (Å²) in [6.45, 7) is 2.72. The Bertz CT molecular complexity index is 680. The Morgan fingerprint density at radius 1 is 1.58 bits per heavy atom. The number of rotatable bonds is 5. The molecule has 1 aliphatic rings. The summed E-state index contributed by atoms with van der Waals surface area (Å²) in [7, 11) is 1.82. The molecular formula is C17H24N4O3. The van der Waals surface area contributed by atoms with Crippen LogP contribution >= 0.6 is 0 Å². The number of likely N-dealkylation sites (tertiary alicyclic amines) is 1. The number of hydrogen-bond acceptors (Lipinski definition) is 4. The number of amides is 2. The molecule has 2 aromatic rings. The van der Waals surface area contributed by atoms with Crippen molar-refractivity contribution in [3.8, 4) is 0 Å². The number of aliphatic hydroxyl groups excluding tert-OH is 1. The molecule has 0 saturated carbocycles. The van der Waals surface area contributed by atoms with Crippen LogP contribution in [0.2, 0.25) is 0 Å². The third kappa shape index (κ3) is 3.46. The lowest BCUT2D eigenvalue weighted by atomic mass is 10.1. The molecule has 7 nitrogen and oxygen atoms in total. The van der Waals surface area contributed by atoms with Gasteiger partial charge in [-0.25, -0.2) is 4.79 Å². The van der Waals surface area contributed by atoms with E-state index in [4.69, 9.17) is 4.42 Å². The molecule has 2 atom stereocenters. The summed E-state index contributed by atoms with van der Waals surface area (Å²) in [6.07, 6.45) is 3.98. The van der Waals surface area contributed by atoms with Crippen LogP contribution in [-0.2, 0) is 13.5 Å². The second kappa shape index (κ2) is 7.09. The molecule has 1 saturated heterocycles. The van der Waals surface area contributed by atoms with Gasteiger partial charge in [0, 0.05) is 32.1 Å². The molecule has 0 radical (unpaired) electrons. The molecule has 2 amide bonds. The van der Waals surface area contributed by atoms with Gasteiger partial charge in [-0.3, -0.25) is 10.00 Å². The second-order valence-corrected chi connectivity index (χ2v) is 6.18. The predicted molar refractivity (Wildman–Crippen MR) is 89.6 cm³/mol. The normalized spacial score (nSPS) is 18.8. The molecule has 2 unspecified atom stereocenters. The molecule has 2 aromatic heterocycles. The van der Waals surface area contributed by atoms with E-state index >= 15 is 0 Å². The zero-order chi connectivity index (χ0) is 17.1. The first-order valence-electron chi connectivity index (χ1n) is 8.40. The maximum absolute atomic E-state index is 12.6. The maximum atomic E-state index is 12.6. The maximum Gasteiger partial charge on any atom is 0.323 e. The summed E-state index contributed by atoms with van der Waals surface area (Å²) < 4.78 is 6.93. The first-order chi connectivity index (χ1) is 11.6. The molecule has 24 heavy (non-hydrogen) atoms. The van der Waals surface area contributed by atoms with Crippen LogP contribution in [0.5, 0.6) is 0 Å². The van der Waals surface area contributed by atoms with Crippen molar-refractivity contribution in [1.82, 2.24) is 14.7 Å². The number of aromatic nitrogens is 2. The molecular weight excluding hydrogens is 308 g/mol. The highest BCUT2D eigenvalue weighted by Gasteiger charge is 2.31. The van der Waals surface area contributed by atoms with Gasteiger partial charge in [0.15, 0.2) is 0 Å². The van der Waals surface area contributed by atoms with Crippen molar-refractivity contribution in [1.29, 1.82) is 0 Å². The molecule has 0 bridgehead atoms. The van der Waals surface area contributed by atoms with Gasteiger partial charge >= 0.3 is 6.03 Å². The van der Waals surface area contributed by atoms with Gasteiger partial charge in [-0.2, -0.15) is 5.10 Å². The van der Waals surface area contributed by atoms with Gasteiger partial charge in [0.25, 0.3) is 0 Å². The lowest BCUT2D eigenvalue weighted by Crippen LogP contribution is -2.39. The third-order valence-electron chi connectivity index (χ3n) is 4.53. The van der Waals surface area contributed by atoms with Crippen LogP contribution in [0.25, 0.3) is 0 Å². The number of anilines is 1. The first-order valence-corrected chi connectivity index (χ1v) is 8.40. The summed E-state index contributed by atoms with van der Waals surface area (Å²) in [5, 5.41) is 17.5. The van der Waals surface area contributed by atoms with Crippen LogP contribution in [0.3, 0.4) is 0 Å². The van der Waals surface area contributed by atoms with Crippen molar-refractivity contribution < 1.29 is 14.3 Å². The second-order valence-electron chi connectivity index (χ2n) is 6.18. The third-order valence-corrected chi connectivity index (χ3v) is 4.53. The van der Waals surface area contributed by atoms with Crippen molar-refractivity contribution in [3.63, 3.8) is 0 Å². The van der Waals surface area contributed by atoms with Crippen LogP contribution in [0.15, 0.2) is 28.9 Å². The van der Waals surface area contributed by atoms with Gasteiger partial charge in [-0.15, -0.1) is 0 Å². The predicted octanol–water partition coefficient (Wildman–Crippen LogP) is 2.70. The van der Waals surface area contributed by atoms with Crippen LogP contribution < -0.4 is 5.32 Å². The van der Waals surface area contributed by atoms with E-state index in [1.54, 1.807) is 28.0 Å². The van der Waals surface area contributed by atoms with Crippen LogP contribution in [0.4, 0.5) is 10.6 Å². The lowest BCUT2D eigenvalue weighted by Gasteiger charge is -2.26. The Morgan fingerprint density at radius 2 is 2.42 bits per heavy atom. The number of nitrogens with one attached hydrogen (secondary N) is 1. The average molecular weight is 332 g/mol.